The van der Waals surface area contributed by atoms with Gasteiger partial charge in [0.2, 0.25) is 0 Å². The van der Waals surface area contributed by atoms with Gasteiger partial charge in [0, 0.05) is 25.2 Å². The van der Waals surface area contributed by atoms with E-state index < -0.39 is 0 Å². The van der Waals surface area contributed by atoms with E-state index in [9.17, 15) is 10.1 Å². The van der Waals surface area contributed by atoms with Crippen molar-refractivity contribution in [1.29, 1.82) is 0 Å². The molecule has 1 fully saturated rings. The Hall–Kier alpha value is -1.82. The third-order valence-corrected chi connectivity index (χ3v) is 3.28. The van der Waals surface area contributed by atoms with E-state index in [2.05, 4.69) is 19.2 Å². The number of hydrogen-bond acceptors (Lipinski definition) is 5. The molecule has 0 spiro atoms. The fourth-order valence-electron chi connectivity index (χ4n) is 2.64. The number of rotatable bonds is 3. The van der Waals surface area contributed by atoms with Crippen LogP contribution in [0.2, 0.25) is 0 Å². The lowest BCUT2D eigenvalue weighted by Gasteiger charge is -2.37. The molecule has 0 amide bonds. The maximum absolute atomic E-state index is 11.3. The van der Waals surface area contributed by atoms with Gasteiger partial charge in [0.05, 0.1) is 12.0 Å². The van der Waals surface area contributed by atoms with Gasteiger partial charge in [0.15, 0.2) is 5.75 Å². The normalized spacial score (nSPS) is 23.2. The molecule has 0 saturated carbocycles. The third kappa shape index (κ3) is 2.78. The highest BCUT2D eigenvalue weighted by atomic mass is 16.6. The van der Waals surface area contributed by atoms with Gasteiger partial charge < -0.3 is 15.0 Å². The smallest absolute Gasteiger partial charge is 0.333 e. The van der Waals surface area contributed by atoms with Crippen LogP contribution in [0.5, 0.6) is 5.75 Å². The topological polar surface area (TPSA) is 67.6 Å². The lowest BCUT2D eigenvalue weighted by Crippen LogP contribution is -2.54. The Labute approximate surface area is 112 Å². The first-order valence-electron chi connectivity index (χ1n) is 6.35. The molecule has 19 heavy (non-hydrogen) atoms. The quantitative estimate of drug-likeness (QED) is 0.666. The summed E-state index contributed by atoms with van der Waals surface area (Å²) in [6, 6.07) is 5.80. The zero-order valence-electron chi connectivity index (χ0n) is 11.4. The second-order valence-electron chi connectivity index (χ2n) is 4.96. The maximum Gasteiger partial charge on any atom is 0.333 e. The van der Waals surface area contributed by atoms with Crippen molar-refractivity contribution in [2.24, 2.45) is 0 Å². The van der Waals surface area contributed by atoms with Crippen LogP contribution >= 0.6 is 0 Å². The Morgan fingerprint density at radius 2 is 2.00 bits per heavy atom. The van der Waals surface area contributed by atoms with Gasteiger partial charge >= 0.3 is 5.69 Å². The van der Waals surface area contributed by atoms with E-state index in [1.54, 1.807) is 18.2 Å². The molecule has 6 nitrogen and oxygen atoms in total. The molecule has 1 heterocycles. The highest BCUT2D eigenvalue weighted by molar-refractivity contribution is 5.70. The zero-order chi connectivity index (χ0) is 14.0. The predicted molar refractivity (Wildman–Crippen MR) is 73.9 cm³/mol. The fraction of sp³-hybridized carbons (Fsp3) is 0.538. The van der Waals surface area contributed by atoms with E-state index in [1.165, 1.54) is 7.11 Å². The summed E-state index contributed by atoms with van der Waals surface area (Å²) in [5, 5.41) is 14.7. The van der Waals surface area contributed by atoms with Crippen LogP contribution in [0.25, 0.3) is 0 Å². The molecule has 104 valence electrons. The summed E-state index contributed by atoms with van der Waals surface area (Å²) in [4.78, 5) is 13.0. The lowest BCUT2D eigenvalue weighted by molar-refractivity contribution is -0.385. The van der Waals surface area contributed by atoms with Gasteiger partial charge in [0.25, 0.3) is 0 Å². The summed E-state index contributed by atoms with van der Waals surface area (Å²) in [5.74, 6) is 0.307. The van der Waals surface area contributed by atoms with Crippen molar-refractivity contribution >= 4 is 11.4 Å². The van der Waals surface area contributed by atoms with E-state index in [0.717, 1.165) is 13.1 Å². The fourth-order valence-corrected chi connectivity index (χ4v) is 2.64. The zero-order valence-corrected chi connectivity index (χ0v) is 11.4. The molecule has 2 rings (SSSR count). The van der Waals surface area contributed by atoms with E-state index >= 15 is 0 Å². The monoisotopic (exact) mass is 265 g/mol. The first-order valence-corrected chi connectivity index (χ1v) is 6.35. The second kappa shape index (κ2) is 5.44. The number of piperazine rings is 1. The summed E-state index contributed by atoms with van der Waals surface area (Å²) in [6.45, 7) is 5.65. The van der Waals surface area contributed by atoms with Gasteiger partial charge in [-0.25, -0.2) is 0 Å². The number of nitro benzene ring substituents is 1. The number of para-hydroxylation sites is 1. The van der Waals surface area contributed by atoms with E-state index in [0.29, 0.717) is 23.5 Å². The Morgan fingerprint density at radius 1 is 1.37 bits per heavy atom. The summed E-state index contributed by atoms with van der Waals surface area (Å²) in [5.41, 5.74) is 0.677. The lowest BCUT2D eigenvalue weighted by atomic mass is 10.1. The highest BCUT2D eigenvalue weighted by Crippen LogP contribution is 2.37. The summed E-state index contributed by atoms with van der Waals surface area (Å²) >= 11 is 0. The van der Waals surface area contributed by atoms with Crippen LogP contribution < -0.4 is 15.0 Å². The van der Waals surface area contributed by atoms with Crippen LogP contribution in [0.4, 0.5) is 11.4 Å². The molecule has 0 aliphatic carbocycles. The van der Waals surface area contributed by atoms with Crippen molar-refractivity contribution in [2.45, 2.75) is 25.9 Å². The number of nitro groups is 1. The van der Waals surface area contributed by atoms with Crippen molar-refractivity contribution in [3.8, 4) is 5.75 Å². The van der Waals surface area contributed by atoms with Gasteiger partial charge in [-0.3, -0.25) is 10.1 Å². The number of benzene rings is 1. The molecule has 1 aliphatic rings. The Kier molecular flexibility index (Phi) is 3.90. The SMILES string of the molecule is COc1cccc(N2CC(C)NC(C)C2)c1[N+](=O)[O-]. The van der Waals surface area contributed by atoms with E-state index in [4.69, 9.17) is 4.74 Å². The van der Waals surface area contributed by atoms with Gasteiger partial charge in [-0.15, -0.1) is 0 Å². The Balaban J connectivity index is 2.41. The van der Waals surface area contributed by atoms with Gasteiger partial charge in [-0.2, -0.15) is 0 Å². The van der Waals surface area contributed by atoms with Crippen molar-refractivity contribution in [3.05, 3.63) is 28.3 Å². The number of hydrogen-bond donors (Lipinski definition) is 1. The largest absolute Gasteiger partial charge is 0.490 e. The summed E-state index contributed by atoms with van der Waals surface area (Å²) in [6.07, 6.45) is 0. The predicted octanol–water partition coefficient (Wildman–Crippen LogP) is 1.79. The number of ether oxygens (including phenoxy) is 1. The molecule has 1 aromatic carbocycles. The van der Waals surface area contributed by atoms with E-state index in [1.807, 2.05) is 4.90 Å². The van der Waals surface area contributed by atoms with Crippen molar-refractivity contribution in [3.63, 3.8) is 0 Å². The van der Waals surface area contributed by atoms with Crippen molar-refractivity contribution in [2.75, 3.05) is 25.1 Å². The molecule has 0 radical (unpaired) electrons. The summed E-state index contributed by atoms with van der Waals surface area (Å²) < 4.78 is 5.11. The first kappa shape index (κ1) is 13.6. The summed E-state index contributed by atoms with van der Waals surface area (Å²) in [7, 11) is 1.45. The minimum absolute atomic E-state index is 0.0475. The number of methoxy groups -OCH3 is 1. The molecule has 2 unspecified atom stereocenters. The Morgan fingerprint density at radius 3 is 2.53 bits per heavy atom. The van der Waals surface area contributed by atoms with Crippen LogP contribution in [-0.4, -0.2) is 37.2 Å². The maximum atomic E-state index is 11.3. The van der Waals surface area contributed by atoms with E-state index in [-0.39, 0.29) is 10.6 Å². The molecule has 2 atom stereocenters. The molecular formula is C13H19N3O3. The van der Waals surface area contributed by atoms with Crippen LogP contribution in [0, 0.1) is 10.1 Å². The van der Waals surface area contributed by atoms with Gasteiger partial charge in [0.1, 0.15) is 5.69 Å². The highest BCUT2D eigenvalue weighted by Gasteiger charge is 2.29. The number of nitrogens with zero attached hydrogens (tertiary/aromatic N) is 2. The van der Waals surface area contributed by atoms with Gasteiger partial charge in [-0.1, -0.05) is 6.07 Å². The Bertz CT molecular complexity index is 468. The van der Waals surface area contributed by atoms with Crippen LogP contribution in [0.15, 0.2) is 18.2 Å². The second-order valence-corrected chi connectivity index (χ2v) is 4.96. The molecule has 6 heteroatoms. The average molecular weight is 265 g/mol. The molecular weight excluding hydrogens is 246 g/mol. The molecule has 1 aromatic rings. The van der Waals surface area contributed by atoms with Crippen molar-refractivity contribution in [1.82, 2.24) is 5.32 Å². The molecule has 1 aliphatic heterocycles. The first-order chi connectivity index (χ1) is 9.02. The standard InChI is InChI=1S/C13H19N3O3/c1-9-7-15(8-10(2)14-9)11-5-4-6-12(19-3)13(11)16(17)18/h4-6,9-10,14H,7-8H2,1-3H3. The molecule has 0 aromatic heterocycles. The number of nitrogens with one attached hydrogen (secondary N) is 1. The van der Waals surface area contributed by atoms with Crippen LogP contribution in [0.3, 0.4) is 0 Å². The number of anilines is 1. The minimum atomic E-state index is -0.370. The molecule has 1 saturated heterocycles. The average Bonchev–Trinajstić information content (AvgIpc) is 2.36. The van der Waals surface area contributed by atoms with Crippen LogP contribution in [-0.2, 0) is 0 Å². The molecule has 1 N–H and O–H groups in total. The third-order valence-electron chi connectivity index (χ3n) is 3.28. The van der Waals surface area contributed by atoms with Crippen molar-refractivity contribution < 1.29 is 9.66 Å². The molecule has 0 bridgehead atoms. The van der Waals surface area contributed by atoms with Crippen LogP contribution in [0.1, 0.15) is 13.8 Å². The van der Waals surface area contributed by atoms with Gasteiger partial charge in [-0.05, 0) is 26.0 Å². The minimum Gasteiger partial charge on any atom is -0.490 e.